The van der Waals surface area contributed by atoms with E-state index >= 15 is 0 Å². The van der Waals surface area contributed by atoms with Crippen molar-refractivity contribution in [3.05, 3.63) is 29.6 Å². The van der Waals surface area contributed by atoms with Gasteiger partial charge in [-0.25, -0.2) is 22.3 Å². The molecule has 0 radical (unpaired) electrons. The first-order chi connectivity index (χ1) is 8.88. The minimum atomic E-state index is -3.94. The quantitative estimate of drug-likeness (QED) is 0.747. The van der Waals surface area contributed by atoms with Crippen LogP contribution in [-0.2, 0) is 10.0 Å². The molecule has 0 spiro atoms. The van der Waals surface area contributed by atoms with Gasteiger partial charge >= 0.3 is 5.97 Å². The Balaban J connectivity index is 2.87. The van der Waals surface area contributed by atoms with Crippen LogP contribution in [0.4, 0.5) is 4.39 Å². The lowest BCUT2D eigenvalue weighted by atomic mass is 10.2. The Bertz CT molecular complexity index is 560. The van der Waals surface area contributed by atoms with E-state index < -0.39 is 26.7 Å². The van der Waals surface area contributed by atoms with E-state index in [0.717, 1.165) is 17.9 Å². The predicted octanol–water partition coefficient (Wildman–Crippen LogP) is 1.56. The average Bonchev–Trinajstić information content (AvgIpc) is 2.34. The van der Waals surface area contributed by atoms with Crippen molar-refractivity contribution in [3.8, 4) is 0 Å². The van der Waals surface area contributed by atoms with Crippen LogP contribution in [0.25, 0.3) is 0 Å². The first kappa shape index (κ1) is 15.9. The smallest absolute Gasteiger partial charge is 0.335 e. The first-order valence-corrected chi connectivity index (χ1v) is 8.27. The van der Waals surface area contributed by atoms with E-state index in [4.69, 9.17) is 5.11 Å². The number of nitrogens with one attached hydrogen (secondary N) is 1. The van der Waals surface area contributed by atoms with Crippen LogP contribution in [0.5, 0.6) is 0 Å². The molecule has 0 saturated carbocycles. The number of hydrogen-bond donors (Lipinski definition) is 2. The van der Waals surface area contributed by atoms with E-state index in [1.54, 1.807) is 11.8 Å². The fourth-order valence-corrected chi connectivity index (χ4v) is 2.92. The van der Waals surface area contributed by atoms with Gasteiger partial charge in [0.1, 0.15) is 10.7 Å². The van der Waals surface area contributed by atoms with Gasteiger partial charge in [-0.3, -0.25) is 0 Å². The number of halogens is 1. The van der Waals surface area contributed by atoms with Crippen LogP contribution < -0.4 is 4.72 Å². The molecule has 0 aliphatic carbocycles. The van der Waals surface area contributed by atoms with Gasteiger partial charge in [0.2, 0.25) is 10.0 Å². The van der Waals surface area contributed by atoms with Gasteiger partial charge in [-0.15, -0.1) is 0 Å². The third-order valence-electron chi connectivity index (χ3n) is 2.29. The molecular weight excluding hydrogens is 293 g/mol. The zero-order valence-corrected chi connectivity index (χ0v) is 11.9. The number of benzene rings is 1. The van der Waals surface area contributed by atoms with E-state index in [1.165, 1.54) is 0 Å². The molecule has 0 aliphatic heterocycles. The van der Waals surface area contributed by atoms with Crippen molar-refractivity contribution in [1.82, 2.24) is 4.72 Å². The van der Waals surface area contributed by atoms with Crippen molar-refractivity contribution in [2.75, 3.05) is 18.6 Å². The topological polar surface area (TPSA) is 83.5 Å². The first-order valence-electron chi connectivity index (χ1n) is 5.40. The molecule has 0 unspecified atom stereocenters. The molecule has 8 heteroatoms. The Hall–Kier alpha value is -1.12. The molecule has 0 atom stereocenters. The Labute approximate surface area is 115 Å². The van der Waals surface area contributed by atoms with Gasteiger partial charge in [-0.1, -0.05) is 0 Å². The van der Waals surface area contributed by atoms with Gasteiger partial charge in [-0.2, -0.15) is 11.8 Å². The van der Waals surface area contributed by atoms with E-state index in [9.17, 15) is 17.6 Å². The second-order valence-electron chi connectivity index (χ2n) is 3.69. The van der Waals surface area contributed by atoms with E-state index in [1.807, 2.05) is 6.26 Å². The van der Waals surface area contributed by atoms with E-state index in [2.05, 4.69) is 4.72 Å². The number of carboxylic acid groups (broad SMARTS) is 1. The van der Waals surface area contributed by atoms with E-state index in [-0.39, 0.29) is 12.1 Å². The molecule has 0 bridgehead atoms. The summed E-state index contributed by atoms with van der Waals surface area (Å²) in [6.45, 7) is 0.212. The fourth-order valence-electron chi connectivity index (χ4n) is 1.35. The van der Waals surface area contributed by atoms with Crippen molar-refractivity contribution in [2.45, 2.75) is 11.3 Å². The summed E-state index contributed by atoms with van der Waals surface area (Å²) in [7, 11) is -3.94. The van der Waals surface area contributed by atoms with Crippen LogP contribution in [0.15, 0.2) is 23.1 Å². The number of carboxylic acids is 1. The maximum absolute atomic E-state index is 13.6. The van der Waals surface area contributed by atoms with Gasteiger partial charge < -0.3 is 5.11 Å². The van der Waals surface area contributed by atoms with Crippen LogP contribution in [0.2, 0.25) is 0 Å². The van der Waals surface area contributed by atoms with Crippen molar-refractivity contribution in [1.29, 1.82) is 0 Å². The monoisotopic (exact) mass is 307 g/mol. The summed E-state index contributed by atoms with van der Waals surface area (Å²) in [6.07, 6.45) is 2.54. The van der Waals surface area contributed by atoms with E-state index in [0.29, 0.717) is 12.5 Å². The summed E-state index contributed by atoms with van der Waals surface area (Å²) in [5.74, 6) is -1.59. The summed E-state index contributed by atoms with van der Waals surface area (Å²) in [6, 6.07) is 2.70. The number of carbonyl (C=O) groups is 1. The second kappa shape index (κ2) is 6.88. The summed E-state index contributed by atoms with van der Waals surface area (Å²) >= 11 is 1.58. The maximum Gasteiger partial charge on any atom is 0.335 e. The van der Waals surface area contributed by atoms with Gasteiger partial charge in [-0.05, 0) is 36.6 Å². The van der Waals surface area contributed by atoms with Crippen LogP contribution in [0.3, 0.4) is 0 Å². The lowest BCUT2D eigenvalue weighted by Gasteiger charge is -2.07. The zero-order valence-electron chi connectivity index (χ0n) is 10.2. The van der Waals surface area contributed by atoms with Crippen LogP contribution in [0.1, 0.15) is 16.8 Å². The molecule has 1 aromatic rings. The number of hydrogen-bond acceptors (Lipinski definition) is 4. The summed E-state index contributed by atoms with van der Waals surface area (Å²) < 4.78 is 39.4. The third kappa shape index (κ3) is 4.48. The Morgan fingerprint density at radius 1 is 1.47 bits per heavy atom. The second-order valence-corrected chi connectivity index (χ2v) is 6.42. The van der Waals surface area contributed by atoms with Crippen LogP contribution in [0, 0.1) is 5.82 Å². The predicted molar refractivity (Wildman–Crippen MR) is 71.5 cm³/mol. The molecule has 0 saturated heterocycles. The number of rotatable bonds is 7. The number of thioether (sulfide) groups is 1. The molecule has 1 rings (SSSR count). The van der Waals surface area contributed by atoms with Crippen molar-refractivity contribution in [3.63, 3.8) is 0 Å². The Morgan fingerprint density at radius 3 is 2.68 bits per heavy atom. The highest BCUT2D eigenvalue weighted by molar-refractivity contribution is 7.98. The molecule has 0 heterocycles. The molecule has 0 aliphatic rings. The molecular formula is C11H14FNO4S2. The number of sulfonamides is 1. The number of aromatic carboxylic acids is 1. The lowest BCUT2D eigenvalue weighted by molar-refractivity contribution is 0.0696. The average molecular weight is 307 g/mol. The Morgan fingerprint density at radius 2 is 2.16 bits per heavy atom. The molecule has 0 fully saturated rings. The van der Waals surface area contributed by atoms with Gasteiger partial charge in [0, 0.05) is 6.54 Å². The summed E-state index contributed by atoms with van der Waals surface area (Å²) in [5.41, 5.74) is -0.293. The van der Waals surface area contributed by atoms with Gasteiger partial charge in [0.05, 0.1) is 5.56 Å². The van der Waals surface area contributed by atoms with Crippen molar-refractivity contribution >= 4 is 27.8 Å². The zero-order chi connectivity index (χ0) is 14.5. The molecule has 106 valence electrons. The van der Waals surface area contributed by atoms with Crippen LogP contribution >= 0.6 is 11.8 Å². The van der Waals surface area contributed by atoms with Crippen molar-refractivity contribution < 1.29 is 22.7 Å². The van der Waals surface area contributed by atoms with Crippen molar-refractivity contribution in [2.24, 2.45) is 0 Å². The highest BCUT2D eigenvalue weighted by Gasteiger charge is 2.19. The van der Waals surface area contributed by atoms with Gasteiger partial charge in [0.25, 0.3) is 0 Å². The Kier molecular flexibility index (Phi) is 5.77. The minimum absolute atomic E-state index is 0.212. The fraction of sp³-hybridized carbons (Fsp3) is 0.364. The molecule has 0 aromatic heterocycles. The molecule has 0 amide bonds. The molecule has 2 N–H and O–H groups in total. The normalized spacial score (nSPS) is 11.5. The largest absolute Gasteiger partial charge is 0.478 e. The third-order valence-corrected chi connectivity index (χ3v) is 4.48. The highest BCUT2D eigenvalue weighted by atomic mass is 32.2. The summed E-state index contributed by atoms with van der Waals surface area (Å²) in [4.78, 5) is 10.1. The molecule has 1 aromatic carbocycles. The lowest BCUT2D eigenvalue weighted by Crippen LogP contribution is -2.26. The highest BCUT2D eigenvalue weighted by Crippen LogP contribution is 2.16. The molecule has 19 heavy (non-hydrogen) atoms. The maximum atomic E-state index is 13.6. The van der Waals surface area contributed by atoms with Gasteiger partial charge in [0.15, 0.2) is 0 Å². The summed E-state index contributed by atoms with van der Waals surface area (Å²) in [5, 5.41) is 8.67. The van der Waals surface area contributed by atoms with Crippen LogP contribution in [-0.4, -0.2) is 38.0 Å². The standard InChI is InChI=1S/C11H14FNO4S2/c1-18-6-2-5-13-19(16,17)10-4-3-8(11(14)15)7-9(10)12/h3-4,7,13H,2,5-6H2,1H3,(H,14,15). The SMILES string of the molecule is CSCCCNS(=O)(=O)c1ccc(C(=O)O)cc1F. The minimum Gasteiger partial charge on any atom is -0.478 e. The molecule has 5 nitrogen and oxygen atoms in total.